The minimum Gasteiger partial charge on any atom is -0.385 e. The van der Waals surface area contributed by atoms with Crippen LogP contribution < -0.4 is 5.32 Å². The Morgan fingerprint density at radius 2 is 2.10 bits per heavy atom. The van der Waals surface area contributed by atoms with Crippen LogP contribution in [0.2, 0.25) is 0 Å². The number of rotatable bonds is 7. The topological polar surface area (TPSA) is 41.6 Å². The lowest BCUT2D eigenvalue weighted by Crippen LogP contribution is -2.40. The first-order chi connectivity index (χ1) is 9.72. The Hall–Kier alpha value is -1.55. The summed E-state index contributed by atoms with van der Waals surface area (Å²) in [5.74, 6) is 0.591. The first-order valence-electron chi connectivity index (χ1n) is 7.28. The molecule has 4 heteroatoms. The first kappa shape index (κ1) is 14.9. The van der Waals surface area contributed by atoms with Gasteiger partial charge in [-0.15, -0.1) is 0 Å². The summed E-state index contributed by atoms with van der Waals surface area (Å²) in [7, 11) is 3.51. The zero-order chi connectivity index (χ0) is 14.4. The Morgan fingerprint density at radius 1 is 1.40 bits per heavy atom. The van der Waals surface area contributed by atoms with Gasteiger partial charge in [0.2, 0.25) is 0 Å². The summed E-state index contributed by atoms with van der Waals surface area (Å²) in [6.07, 6.45) is 3.26. The van der Waals surface area contributed by atoms with Crippen LogP contribution in [0.25, 0.3) is 0 Å². The summed E-state index contributed by atoms with van der Waals surface area (Å²) in [5.41, 5.74) is 1.20. The molecule has 0 heterocycles. The van der Waals surface area contributed by atoms with E-state index in [2.05, 4.69) is 17.4 Å². The lowest BCUT2D eigenvalue weighted by atomic mass is 10.0. The number of ether oxygens (including phenoxy) is 1. The molecule has 2 amide bonds. The van der Waals surface area contributed by atoms with Crippen LogP contribution in [-0.2, 0) is 4.74 Å². The molecule has 1 atom stereocenters. The van der Waals surface area contributed by atoms with Crippen LogP contribution in [0.5, 0.6) is 0 Å². The molecule has 1 unspecified atom stereocenters. The Balaban J connectivity index is 1.90. The van der Waals surface area contributed by atoms with E-state index in [1.54, 1.807) is 12.0 Å². The molecule has 4 nitrogen and oxygen atoms in total. The summed E-state index contributed by atoms with van der Waals surface area (Å²) in [5, 5.41) is 3.17. The maximum absolute atomic E-state index is 12.2. The maximum Gasteiger partial charge on any atom is 0.317 e. The van der Waals surface area contributed by atoms with Gasteiger partial charge in [-0.2, -0.15) is 0 Å². The molecule has 1 N–H and O–H groups in total. The minimum absolute atomic E-state index is 0.00172. The fourth-order valence-corrected chi connectivity index (χ4v) is 2.35. The van der Waals surface area contributed by atoms with E-state index in [1.165, 1.54) is 18.4 Å². The van der Waals surface area contributed by atoms with E-state index in [0.717, 1.165) is 6.42 Å². The average molecular weight is 276 g/mol. The molecule has 0 aromatic heterocycles. The normalized spacial score (nSPS) is 15.7. The van der Waals surface area contributed by atoms with Gasteiger partial charge in [0.1, 0.15) is 0 Å². The van der Waals surface area contributed by atoms with E-state index in [-0.39, 0.29) is 12.1 Å². The molecule has 20 heavy (non-hydrogen) atoms. The Bertz CT molecular complexity index is 418. The summed E-state index contributed by atoms with van der Waals surface area (Å²) in [4.78, 5) is 14.0. The highest BCUT2D eigenvalue weighted by molar-refractivity contribution is 5.74. The zero-order valence-electron chi connectivity index (χ0n) is 12.3. The number of benzene rings is 1. The Morgan fingerprint density at radius 3 is 2.70 bits per heavy atom. The monoisotopic (exact) mass is 276 g/mol. The summed E-state index contributed by atoms with van der Waals surface area (Å²) in [6, 6.07) is 10.4. The van der Waals surface area contributed by atoms with Crippen LogP contribution in [0.4, 0.5) is 4.79 Å². The third-order valence-electron chi connectivity index (χ3n) is 3.72. The van der Waals surface area contributed by atoms with Crippen molar-refractivity contribution >= 4 is 6.03 Å². The molecule has 1 aliphatic rings. The fraction of sp³-hybridized carbons (Fsp3) is 0.562. The maximum atomic E-state index is 12.2. The predicted octanol–water partition coefficient (Wildman–Crippen LogP) is 2.82. The van der Waals surface area contributed by atoms with Crippen LogP contribution in [0.1, 0.15) is 30.9 Å². The van der Waals surface area contributed by atoms with Crippen molar-refractivity contribution in [1.82, 2.24) is 10.2 Å². The van der Waals surface area contributed by atoms with Gasteiger partial charge in [-0.1, -0.05) is 30.3 Å². The van der Waals surface area contributed by atoms with Crippen LogP contribution in [0.15, 0.2) is 30.3 Å². The number of amides is 2. The van der Waals surface area contributed by atoms with Gasteiger partial charge in [-0.3, -0.25) is 0 Å². The molecule has 0 radical (unpaired) electrons. The van der Waals surface area contributed by atoms with Gasteiger partial charge in [0, 0.05) is 27.3 Å². The number of urea groups is 1. The van der Waals surface area contributed by atoms with Crippen molar-refractivity contribution in [3.63, 3.8) is 0 Å². The SMILES string of the molecule is COCCCN(C)C(=O)NC(c1ccccc1)C1CC1. The second-order valence-corrected chi connectivity index (χ2v) is 5.44. The van der Waals surface area contributed by atoms with Gasteiger partial charge in [0.15, 0.2) is 0 Å². The molecule has 1 aliphatic carbocycles. The number of carbonyl (C=O) groups is 1. The van der Waals surface area contributed by atoms with E-state index < -0.39 is 0 Å². The molecule has 2 rings (SSSR count). The molecule has 0 aliphatic heterocycles. The number of nitrogens with zero attached hydrogens (tertiary/aromatic N) is 1. The molecule has 0 bridgehead atoms. The summed E-state index contributed by atoms with van der Waals surface area (Å²) in [6.45, 7) is 1.40. The summed E-state index contributed by atoms with van der Waals surface area (Å²) < 4.78 is 5.01. The smallest absolute Gasteiger partial charge is 0.317 e. The van der Waals surface area contributed by atoms with E-state index in [9.17, 15) is 4.79 Å². The van der Waals surface area contributed by atoms with Gasteiger partial charge in [-0.05, 0) is 30.7 Å². The van der Waals surface area contributed by atoms with E-state index >= 15 is 0 Å². The van der Waals surface area contributed by atoms with E-state index in [1.807, 2.05) is 25.2 Å². The average Bonchev–Trinajstić information content (AvgIpc) is 3.30. The highest BCUT2D eigenvalue weighted by atomic mass is 16.5. The number of carbonyl (C=O) groups excluding carboxylic acids is 1. The van der Waals surface area contributed by atoms with Gasteiger partial charge in [0.25, 0.3) is 0 Å². The van der Waals surface area contributed by atoms with Crippen LogP contribution in [0, 0.1) is 5.92 Å². The number of nitrogens with one attached hydrogen (secondary N) is 1. The highest BCUT2D eigenvalue weighted by Crippen LogP contribution is 2.40. The van der Waals surface area contributed by atoms with Crippen molar-refractivity contribution in [1.29, 1.82) is 0 Å². The Labute approximate surface area is 121 Å². The lowest BCUT2D eigenvalue weighted by molar-refractivity contribution is 0.173. The van der Waals surface area contributed by atoms with Crippen molar-refractivity contribution < 1.29 is 9.53 Å². The molecule has 0 saturated heterocycles. The van der Waals surface area contributed by atoms with Gasteiger partial charge in [-0.25, -0.2) is 4.79 Å². The van der Waals surface area contributed by atoms with Crippen molar-refractivity contribution in [3.05, 3.63) is 35.9 Å². The van der Waals surface area contributed by atoms with Crippen LogP contribution in [0.3, 0.4) is 0 Å². The van der Waals surface area contributed by atoms with Crippen molar-refractivity contribution in [3.8, 4) is 0 Å². The second kappa shape index (κ2) is 7.29. The van der Waals surface area contributed by atoms with Crippen LogP contribution in [-0.4, -0.2) is 38.2 Å². The number of hydrogen-bond donors (Lipinski definition) is 1. The fourth-order valence-electron chi connectivity index (χ4n) is 2.35. The number of methoxy groups -OCH3 is 1. The zero-order valence-corrected chi connectivity index (χ0v) is 12.3. The molecule has 1 saturated carbocycles. The number of hydrogen-bond acceptors (Lipinski definition) is 2. The molecular formula is C16H24N2O2. The van der Waals surface area contributed by atoms with E-state index in [4.69, 9.17) is 4.74 Å². The minimum atomic E-state index is 0.00172. The van der Waals surface area contributed by atoms with Crippen molar-refractivity contribution in [2.45, 2.75) is 25.3 Å². The predicted molar refractivity (Wildman–Crippen MR) is 79.6 cm³/mol. The third-order valence-corrected chi connectivity index (χ3v) is 3.72. The van der Waals surface area contributed by atoms with Gasteiger partial charge in [0.05, 0.1) is 6.04 Å². The van der Waals surface area contributed by atoms with Crippen molar-refractivity contribution in [2.24, 2.45) is 5.92 Å². The largest absolute Gasteiger partial charge is 0.385 e. The third kappa shape index (κ3) is 4.23. The highest BCUT2D eigenvalue weighted by Gasteiger charge is 2.33. The van der Waals surface area contributed by atoms with Crippen molar-refractivity contribution in [2.75, 3.05) is 27.3 Å². The molecule has 110 valence electrons. The van der Waals surface area contributed by atoms with Gasteiger partial charge >= 0.3 is 6.03 Å². The lowest BCUT2D eigenvalue weighted by Gasteiger charge is -2.24. The quantitative estimate of drug-likeness (QED) is 0.778. The van der Waals surface area contributed by atoms with Crippen LogP contribution >= 0.6 is 0 Å². The molecule has 1 aromatic carbocycles. The molecule has 1 fully saturated rings. The molecular weight excluding hydrogens is 252 g/mol. The van der Waals surface area contributed by atoms with E-state index in [0.29, 0.717) is 19.1 Å². The van der Waals surface area contributed by atoms with Gasteiger partial charge < -0.3 is 15.0 Å². The first-order valence-corrected chi connectivity index (χ1v) is 7.28. The molecule has 1 aromatic rings. The second-order valence-electron chi connectivity index (χ2n) is 5.44. The summed E-state index contributed by atoms with van der Waals surface area (Å²) >= 11 is 0. The molecule has 0 spiro atoms. The standard InChI is InChI=1S/C16H24N2O2/c1-18(11-6-12-20-2)16(19)17-15(14-9-10-14)13-7-4-3-5-8-13/h3-5,7-8,14-15H,6,9-12H2,1-2H3,(H,17,19). The Kier molecular flexibility index (Phi) is 5.41.